The third-order valence-electron chi connectivity index (χ3n) is 3.41. The van der Waals surface area contributed by atoms with Gasteiger partial charge in [-0.15, -0.1) is 12.4 Å². The Morgan fingerprint density at radius 1 is 1.42 bits per heavy atom. The summed E-state index contributed by atoms with van der Waals surface area (Å²) in [6.07, 6.45) is 0.918. The molecule has 0 radical (unpaired) electrons. The zero-order valence-electron chi connectivity index (χ0n) is 11.2. The highest BCUT2D eigenvalue weighted by Crippen LogP contribution is 2.13. The summed E-state index contributed by atoms with van der Waals surface area (Å²) in [5.74, 6) is -0.146. The second kappa shape index (κ2) is 6.87. The van der Waals surface area contributed by atoms with Crippen LogP contribution in [0.1, 0.15) is 29.3 Å². The first-order valence-electron chi connectivity index (χ1n) is 6.35. The first-order valence-corrected chi connectivity index (χ1v) is 6.35. The van der Waals surface area contributed by atoms with Gasteiger partial charge < -0.3 is 10.6 Å². The van der Waals surface area contributed by atoms with Crippen LogP contribution in [0.25, 0.3) is 0 Å². The molecule has 0 saturated carbocycles. The van der Waals surface area contributed by atoms with Gasteiger partial charge in [-0.3, -0.25) is 4.79 Å². The predicted molar refractivity (Wildman–Crippen MR) is 76.3 cm³/mol. The molecular formula is C14H20ClFN2O. The van der Waals surface area contributed by atoms with Crippen molar-refractivity contribution in [2.24, 2.45) is 5.92 Å². The predicted octanol–water partition coefficient (Wildman–Crippen LogP) is 2.28. The summed E-state index contributed by atoms with van der Waals surface area (Å²) >= 11 is 0. The Labute approximate surface area is 119 Å². The van der Waals surface area contributed by atoms with Gasteiger partial charge in [0.2, 0.25) is 0 Å². The van der Waals surface area contributed by atoms with Crippen LogP contribution in [0.4, 0.5) is 4.39 Å². The van der Waals surface area contributed by atoms with Crippen LogP contribution in [-0.4, -0.2) is 25.0 Å². The van der Waals surface area contributed by atoms with Crippen LogP contribution < -0.4 is 10.6 Å². The molecule has 2 atom stereocenters. The van der Waals surface area contributed by atoms with Gasteiger partial charge in [-0.05, 0) is 56.1 Å². The molecule has 1 fully saturated rings. The number of benzene rings is 1. The van der Waals surface area contributed by atoms with Gasteiger partial charge in [0.15, 0.2) is 0 Å². The SMILES string of the molecule is Cc1cc(F)cc(C(=O)NC2CCNCC2C)c1.Cl. The van der Waals surface area contributed by atoms with Gasteiger partial charge in [0.25, 0.3) is 5.91 Å². The third-order valence-corrected chi connectivity index (χ3v) is 3.41. The van der Waals surface area contributed by atoms with E-state index in [9.17, 15) is 9.18 Å². The first kappa shape index (κ1) is 15.9. The van der Waals surface area contributed by atoms with Crippen molar-refractivity contribution in [2.75, 3.05) is 13.1 Å². The molecule has 1 saturated heterocycles. The number of hydrogen-bond donors (Lipinski definition) is 2. The van der Waals surface area contributed by atoms with Crippen molar-refractivity contribution in [1.82, 2.24) is 10.6 Å². The Bertz CT molecular complexity index is 433. The zero-order chi connectivity index (χ0) is 13.1. The highest BCUT2D eigenvalue weighted by molar-refractivity contribution is 5.94. The maximum absolute atomic E-state index is 13.3. The molecule has 1 aromatic rings. The Hall–Kier alpha value is -1.13. The number of nitrogens with one attached hydrogen (secondary N) is 2. The van der Waals surface area contributed by atoms with Gasteiger partial charge in [-0.25, -0.2) is 4.39 Å². The number of amides is 1. The number of rotatable bonds is 2. The molecule has 0 spiro atoms. The van der Waals surface area contributed by atoms with E-state index in [4.69, 9.17) is 0 Å². The molecule has 1 aromatic carbocycles. The molecule has 2 unspecified atom stereocenters. The Kier molecular flexibility index (Phi) is 5.76. The summed E-state index contributed by atoms with van der Waals surface area (Å²) in [7, 11) is 0. The molecule has 2 rings (SSSR count). The quantitative estimate of drug-likeness (QED) is 0.876. The Morgan fingerprint density at radius 2 is 2.16 bits per heavy atom. The highest BCUT2D eigenvalue weighted by atomic mass is 35.5. The summed E-state index contributed by atoms with van der Waals surface area (Å²) in [4.78, 5) is 12.1. The molecule has 1 amide bonds. The summed E-state index contributed by atoms with van der Waals surface area (Å²) in [6.45, 7) is 5.71. The van der Waals surface area contributed by atoms with Crippen LogP contribution in [0.2, 0.25) is 0 Å². The maximum atomic E-state index is 13.3. The minimum atomic E-state index is -0.362. The van der Waals surface area contributed by atoms with Crippen LogP contribution in [0.15, 0.2) is 18.2 Å². The van der Waals surface area contributed by atoms with E-state index in [2.05, 4.69) is 17.6 Å². The monoisotopic (exact) mass is 286 g/mol. The number of halogens is 2. The average molecular weight is 287 g/mol. The lowest BCUT2D eigenvalue weighted by Gasteiger charge is -2.30. The van der Waals surface area contributed by atoms with E-state index < -0.39 is 0 Å². The molecule has 0 bridgehead atoms. The molecule has 5 heteroatoms. The van der Waals surface area contributed by atoms with E-state index >= 15 is 0 Å². The van der Waals surface area contributed by atoms with Crippen LogP contribution in [-0.2, 0) is 0 Å². The number of aryl methyl sites for hydroxylation is 1. The summed E-state index contributed by atoms with van der Waals surface area (Å²) in [5.41, 5.74) is 1.16. The van der Waals surface area contributed by atoms with Crippen LogP contribution in [0, 0.1) is 18.7 Å². The van der Waals surface area contributed by atoms with Crippen molar-refractivity contribution < 1.29 is 9.18 Å². The minimum absolute atomic E-state index is 0. The Morgan fingerprint density at radius 3 is 2.79 bits per heavy atom. The van der Waals surface area contributed by atoms with E-state index in [1.807, 2.05) is 0 Å². The van der Waals surface area contributed by atoms with Gasteiger partial charge in [0, 0.05) is 11.6 Å². The molecule has 106 valence electrons. The van der Waals surface area contributed by atoms with Crippen LogP contribution >= 0.6 is 12.4 Å². The highest BCUT2D eigenvalue weighted by Gasteiger charge is 2.23. The fraction of sp³-hybridized carbons (Fsp3) is 0.500. The largest absolute Gasteiger partial charge is 0.349 e. The van der Waals surface area contributed by atoms with Gasteiger partial charge in [-0.2, -0.15) is 0 Å². The maximum Gasteiger partial charge on any atom is 0.251 e. The standard InChI is InChI=1S/C14H19FN2O.ClH/c1-9-5-11(7-12(15)6-9)14(18)17-13-3-4-16-8-10(13)2;/h5-7,10,13,16H,3-4,8H2,1-2H3,(H,17,18);1H. The van der Waals surface area contributed by atoms with Crippen molar-refractivity contribution in [3.63, 3.8) is 0 Å². The van der Waals surface area contributed by atoms with Gasteiger partial charge in [0.1, 0.15) is 5.82 Å². The van der Waals surface area contributed by atoms with E-state index in [0.717, 1.165) is 25.1 Å². The lowest BCUT2D eigenvalue weighted by Crippen LogP contribution is -2.48. The fourth-order valence-electron chi connectivity index (χ4n) is 2.35. The molecule has 1 aliphatic rings. The number of carbonyl (C=O) groups is 1. The molecular weight excluding hydrogens is 267 g/mol. The second-order valence-corrected chi connectivity index (χ2v) is 5.07. The number of hydrogen-bond acceptors (Lipinski definition) is 2. The summed E-state index contributed by atoms with van der Waals surface area (Å²) in [6, 6.07) is 4.59. The normalized spacial score (nSPS) is 22.5. The molecule has 0 aliphatic carbocycles. The smallest absolute Gasteiger partial charge is 0.251 e. The van der Waals surface area contributed by atoms with Crippen LogP contribution in [0.3, 0.4) is 0 Å². The van der Waals surface area contributed by atoms with E-state index in [-0.39, 0.29) is 30.2 Å². The van der Waals surface area contributed by atoms with E-state index in [1.54, 1.807) is 13.0 Å². The van der Waals surface area contributed by atoms with Crippen molar-refractivity contribution >= 4 is 18.3 Å². The lowest BCUT2D eigenvalue weighted by molar-refractivity contribution is 0.0913. The second-order valence-electron chi connectivity index (χ2n) is 5.07. The van der Waals surface area contributed by atoms with Gasteiger partial charge >= 0.3 is 0 Å². The number of piperidine rings is 1. The van der Waals surface area contributed by atoms with Crippen LogP contribution in [0.5, 0.6) is 0 Å². The molecule has 3 nitrogen and oxygen atoms in total. The molecule has 1 aliphatic heterocycles. The van der Waals surface area contributed by atoms with Crippen molar-refractivity contribution in [3.8, 4) is 0 Å². The van der Waals surface area contributed by atoms with Crippen molar-refractivity contribution in [2.45, 2.75) is 26.3 Å². The zero-order valence-corrected chi connectivity index (χ0v) is 12.0. The minimum Gasteiger partial charge on any atom is -0.349 e. The summed E-state index contributed by atoms with van der Waals surface area (Å²) < 4.78 is 13.3. The number of carbonyl (C=O) groups excluding carboxylic acids is 1. The molecule has 2 N–H and O–H groups in total. The van der Waals surface area contributed by atoms with E-state index in [0.29, 0.717) is 11.5 Å². The molecule has 19 heavy (non-hydrogen) atoms. The first-order chi connectivity index (χ1) is 8.56. The molecule has 0 aromatic heterocycles. The Balaban J connectivity index is 0.00000180. The van der Waals surface area contributed by atoms with Crippen molar-refractivity contribution in [3.05, 3.63) is 35.1 Å². The lowest BCUT2D eigenvalue weighted by atomic mass is 9.95. The van der Waals surface area contributed by atoms with Crippen molar-refractivity contribution in [1.29, 1.82) is 0 Å². The topological polar surface area (TPSA) is 41.1 Å². The average Bonchev–Trinajstić information content (AvgIpc) is 2.31. The van der Waals surface area contributed by atoms with Gasteiger partial charge in [-0.1, -0.05) is 6.92 Å². The summed E-state index contributed by atoms with van der Waals surface area (Å²) in [5, 5.41) is 6.28. The third kappa shape index (κ3) is 4.18. The fourth-order valence-corrected chi connectivity index (χ4v) is 2.35. The van der Waals surface area contributed by atoms with E-state index in [1.165, 1.54) is 12.1 Å². The molecule has 1 heterocycles. The van der Waals surface area contributed by atoms with Gasteiger partial charge in [0.05, 0.1) is 0 Å².